The van der Waals surface area contributed by atoms with Crippen molar-refractivity contribution < 1.29 is 14.6 Å². The molecule has 3 nitrogen and oxygen atoms in total. The molecule has 1 fully saturated rings. The maximum absolute atomic E-state index is 9.43. The summed E-state index contributed by atoms with van der Waals surface area (Å²) < 4.78 is 10.5. The van der Waals surface area contributed by atoms with Crippen molar-refractivity contribution in [3.05, 3.63) is 0 Å². The van der Waals surface area contributed by atoms with Crippen molar-refractivity contribution >= 4 is 0 Å². The summed E-state index contributed by atoms with van der Waals surface area (Å²) in [5, 5.41) is 9.43. The van der Waals surface area contributed by atoms with Crippen molar-refractivity contribution in [1.82, 2.24) is 0 Å². The molecule has 0 spiro atoms. The van der Waals surface area contributed by atoms with E-state index in [1.165, 1.54) is 0 Å². The van der Waals surface area contributed by atoms with E-state index >= 15 is 0 Å². The molecular formula is C8H16O3. The third-order valence-electron chi connectivity index (χ3n) is 2.28. The Bertz CT molecular complexity index is 117. The van der Waals surface area contributed by atoms with Gasteiger partial charge in [-0.05, 0) is 19.8 Å². The highest BCUT2D eigenvalue weighted by Crippen LogP contribution is 2.29. The molecule has 1 aliphatic heterocycles. The second kappa shape index (κ2) is 3.52. The first kappa shape index (κ1) is 8.97. The lowest BCUT2D eigenvalue weighted by Crippen LogP contribution is -2.44. The van der Waals surface area contributed by atoms with Crippen molar-refractivity contribution in [3.8, 4) is 0 Å². The Morgan fingerprint density at radius 3 is 2.82 bits per heavy atom. The Balaban J connectivity index is 2.55. The molecule has 1 rings (SSSR count). The number of hydrogen-bond acceptors (Lipinski definition) is 3. The normalized spacial score (nSPS) is 34.1. The lowest BCUT2D eigenvalue weighted by Gasteiger charge is -2.30. The van der Waals surface area contributed by atoms with E-state index in [1.807, 2.05) is 0 Å². The maximum Gasteiger partial charge on any atom is 0.117 e. The fourth-order valence-corrected chi connectivity index (χ4v) is 1.53. The van der Waals surface area contributed by atoms with E-state index in [9.17, 15) is 5.11 Å². The average molecular weight is 160 g/mol. The minimum Gasteiger partial charge on any atom is -0.390 e. The summed E-state index contributed by atoms with van der Waals surface area (Å²) in [5.74, 6) is 0. The van der Waals surface area contributed by atoms with Crippen molar-refractivity contribution in [3.63, 3.8) is 0 Å². The standard InChI is InChI=1S/C8H16O3/c1-7(9)8(6-10-2)4-3-5-11-8/h7,9H,3-6H2,1-2H3/t7-,8-/m0/s1. The van der Waals surface area contributed by atoms with Crippen LogP contribution in [0.1, 0.15) is 19.8 Å². The maximum atomic E-state index is 9.43. The fraction of sp³-hybridized carbons (Fsp3) is 1.00. The average Bonchev–Trinajstić information content (AvgIpc) is 2.38. The van der Waals surface area contributed by atoms with Crippen LogP contribution in [0.3, 0.4) is 0 Å². The third-order valence-corrected chi connectivity index (χ3v) is 2.28. The van der Waals surface area contributed by atoms with Crippen molar-refractivity contribution in [2.24, 2.45) is 0 Å². The van der Waals surface area contributed by atoms with Gasteiger partial charge in [0.05, 0.1) is 12.7 Å². The molecule has 0 aromatic carbocycles. The number of rotatable bonds is 3. The zero-order valence-electron chi connectivity index (χ0n) is 7.17. The Morgan fingerprint density at radius 1 is 1.73 bits per heavy atom. The van der Waals surface area contributed by atoms with Crippen LogP contribution in [-0.4, -0.2) is 37.1 Å². The molecule has 1 heterocycles. The van der Waals surface area contributed by atoms with Gasteiger partial charge in [-0.15, -0.1) is 0 Å². The molecule has 1 saturated heterocycles. The molecule has 0 amide bonds. The van der Waals surface area contributed by atoms with E-state index in [-0.39, 0.29) is 0 Å². The van der Waals surface area contributed by atoms with Gasteiger partial charge in [-0.1, -0.05) is 0 Å². The van der Waals surface area contributed by atoms with Crippen LogP contribution >= 0.6 is 0 Å². The summed E-state index contributed by atoms with van der Waals surface area (Å²) in [7, 11) is 1.63. The molecule has 0 aliphatic carbocycles. The van der Waals surface area contributed by atoms with Crippen LogP contribution < -0.4 is 0 Å². The Kier molecular flexibility index (Phi) is 2.87. The van der Waals surface area contributed by atoms with Gasteiger partial charge in [0.15, 0.2) is 0 Å². The summed E-state index contributed by atoms with van der Waals surface area (Å²) in [6, 6.07) is 0. The van der Waals surface area contributed by atoms with Gasteiger partial charge in [0.1, 0.15) is 5.60 Å². The minimum absolute atomic E-state index is 0.422. The number of ether oxygens (including phenoxy) is 2. The summed E-state index contributed by atoms with van der Waals surface area (Å²) in [5.41, 5.74) is -0.422. The zero-order valence-corrected chi connectivity index (χ0v) is 7.17. The van der Waals surface area contributed by atoms with E-state index in [0.717, 1.165) is 19.4 Å². The molecule has 1 aliphatic rings. The highest BCUT2D eigenvalue weighted by atomic mass is 16.6. The number of aliphatic hydroxyl groups excluding tert-OH is 1. The molecule has 1 N–H and O–H groups in total. The molecule has 3 heteroatoms. The first-order valence-electron chi connectivity index (χ1n) is 4.02. The van der Waals surface area contributed by atoms with Crippen molar-refractivity contribution in [2.75, 3.05) is 20.3 Å². The molecule has 0 unspecified atom stereocenters. The van der Waals surface area contributed by atoms with Crippen LogP contribution in [0.25, 0.3) is 0 Å². The number of methoxy groups -OCH3 is 1. The number of aliphatic hydroxyl groups is 1. The fourth-order valence-electron chi connectivity index (χ4n) is 1.53. The summed E-state index contributed by atoms with van der Waals surface area (Å²) >= 11 is 0. The lowest BCUT2D eigenvalue weighted by molar-refractivity contribution is -0.118. The second-order valence-corrected chi connectivity index (χ2v) is 3.13. The van der Waals surface area contributed by atoms with Gasteiger partial charge in [-0.2, -0.15) is 0 Å². The van der Waals surface area contributed by atoms with Gasteiger partial charge in [0.2, 0.25) is 0 Å². The van der Waals surface area contributed by atoms with Gasteiger partial charge >= 0.3 is 0 Å². The first-order chi connectivity index (χ1) is 5.21. The van der Waals surface area contributed by atoms with Crippen LogP contribution in [-0.2, 0) is 9.47 Å². The Morgan fingerprint density at radius 2 is 2.45 bits per heavy atom. The molecule has 0 saturated carbocycles. The molecule has 2 atom stereocenters. The molecule has 0 bridgehead atoms. The van der Waals surface area contributed by atoms with Crippen LogP contribution in [0, 0.1) is 0 Å². The van der Waals surface area contributed by atoms with Crippen molar-refractivity contribution in [1.29, 1.82) is 0 Å². The molecular weight excluding hydrogens is 144 g/mol. The van der Waals surface area contributed by atoms with Gasteiger partial charge in [0.25, 0.3) is 0 Å². The molecule has 0 aromatic rings. The van der Waals surface area contributed by atoms with Gasteiger partial charge < -0.3 is 14.6 Å². The first-order valence-corrected chi connectivity index (χ1v) is 4.02. The van der Waals surface area contributed by atoms with Crippen LogP contribution in [0.5, 0.6) is 0 Å². The van der Waals surface area contributed by atoms with Gasteiger partial charge in [-0.25, -0.2) is 0 Å². The SMILES string of the molecule is COC[C@]1([C@H](C)O)CCCO1. The smallest absolute Gasteiger partial charge is 0.117 e. The van der Waals surface area contributed by atoms with Gasteiger partial charge in [0, 0.05) is 13.7 Å². The monoisotopic (exact) mass is 160 g/mol. The van der Waals surface area contributed by atoms with E-state index in [2.05, 4.69) is 0 Å². The zero-order chi connectivity index (χ0) is 8.32. The van der Waals surface area contributed by atoms with E-state index in [4.69, 9.17) is 9.47 Å². The third kappa shape index (κ3) is 1.72. The summed E-state index contributed by atoms with van der Waals surface area (Å²) in [6.07, 6.45) is 1.48. The lowest BCUT2D eigenvalue weighted by atomic mass is 9.95. The van der Waals surface area contributed by atoms with E-state index in [1.54, 1.807) is 14.0 Å². The van der Waals surface area contributed by atoms with Crippen molar-refractivity contribution in [2.45, 2.75) is 31.5 Å². The Hall–Kier alpha value is -0.120. The van der Waals surface area contributed by atoms with Crippen LogP contribution in [0.4, 0.5) is 0 Å². The minimum atomic E-state index is -0.440. The molecule has 11 heavy (non-hydrogen) atoms. The quantitative estimate of drug-likeness (QED) is 0.655. The highest BCUT2D eigenvalue weighted by molar-refractivity contribution is 4.89. The molecule has 66 valence electrons. The summed E-state index contributed by atoms with van der Waals surface area (Å²) in [4.78, 5) is 0. The Labute approximate surface area is 67.3 Å². The summed E-state index contributed by atoms with van der Waals surface area (Å²) in [6.45, 7) is 2.99. The highest BCUT2D eigenvalue weighted by Gasteiger charge is 2.39. The van der Waals surface area contributed by atoms with E-state index < -0.39 is 11.7 Å². The van der Waals surface area contributed by atoms with Gasteiger partial charge in [-0.3, -0.25) is 0 Å². The topological polar surface area (TPSA) is 38.7 Å². The van der Waals surface area contributed by atoms with Crippen LogP contribution in [0.2, 0.25) is 0 Å². The van der Waals surface area contributed by atoms with Crippen LogP contribution in [0.15, 0.2) is 0 Å². The molecule has 0 radical (unpaired) electrons. The second-order valence-electron chi connectivity index (χ2n) is 3.13. The largest absolute Gasteiger partial charge is 0.390 e. The number of hydrogen-bond donors (Lipinski definition) is 1. The van der Waals surface area contributed by atoms with E-state index in [0.29, 0.717) is 6.61 Å². The predicted octanol–water partition coefficient (Wildman–Crippen LogP) is 0.563. The predicted molar refractivity (Wildman–Crippen MR) is 41.5 cm³/mol. The molecule has 0 aromatic heterocycles.